The largest absolute Gasteiger partial charge is 0.496 e. The highest BCUT2D eigenvalue weighted by Crippen LogP contribution is 2.47. The summed E-state index contributed by atoms with van der Waals surface area (Å²) < 4.78 is 34.3. The normalized spacial score (nSPS) is 20.2. The molecule has 6 nitrogen and oxygen atoms in total. The Morgan fingerprint density at radius 2 is 1.90 bits per heavy atom. The third kappa shape index (κ3) is 3.49. The fourth-order valence-corrected chi connectivity index (χ4v) is 6.59. The van der Waals surface area contributed by atoms with Crippen LogP contribution in [-0.4, -0.2) is 28.0 Å². The summed E-state index contributed by atoms with van der Waals surface area (Å²) in [6.07, 6.45) is 6.52. The minimum absolute atomic E-state index is 0.193. The van der Waals surface area contributed by atoms with E-state index in [-0.39, 0.29) is 4.90 Å². The SMILES string of the molecule is COc1ccc(C2CCC2)c2c1[C@H](C(=O)NS(=O)(=O)c1cccc3c1CCCN3)CC2. The van der Waals surface area contributed by atoms with E-state index in [9.17, 15) is 13.2 Å². The quantitative estimate of drug-likeness (QED) is 0.738. The van der Waals surface area contributed by atoms with Crippen molar-refractivity contribution in [3.05, 3.63) is 52.6 Å². The Morgan fingerprint density at radius 1 is 1.06 bits per heavy atom. The molecule has 2 N–H and O–H groups in total. The molecule has 2 aliphatic carbocycles. The molecule has 3 aliphatic rings. The highest BCUT2D eigenvalue weighted by Gasteiger charge is 2.37. The van der Waals surface area contributed by atoms with Crippen molar-refractivity contribution in [1.82, 2.24) is 4.72 Å². The molecule has 2 aromatic rings. The maximum Gasteiger partial charge on any atom is 0.264 e. The Morgan fingerprint density at radius 3 is 2.65 bits per heavy atom. The summed E-state index contributed by atoms with van der Waals surface area (Å²) in [5.41, 5.74) is 4.95. The lowest BCUT2D eigenvalue weighted by Crippen LogP contribution is -2.35. The lowest BCUT2D eigenvalue weighted by Gasteiger charge is -2.28. The van der Waals surface area contributed by atoms with Crippen LogP contribution in [0.3, 0.4) is 0 Å². The van der Waals surface area contributed by atoms with Crippen LogP contribution in [0.1, 0.15) is 66.2 Å². The van der Waals surface area contributed by atoms with Gasteiger partial charge in [-0.05, 0) is 79.3 Å². The van der Waals surface area contributed by atoms with Gasteiger partial charge in [-0.25, -0.2) is 13.1 Å². The molecule has 0 spiro atoms. The average Bonchev–Trinajstić information content (AvgIpc) is 3.18. The third-order valence-corrected chi connectivity index (χ3v) is 8.47. The number of nitrogens with one attached hydrogen (secondary N) is 2. The van der Waals surface area contributed by atoms with E-state index >= 15 is 0 Å². The number of carbonyl (C=O) groups excluding carboxylic acids is 1. The monoisotopic (exact) mass is 440 g/mol. The van der Waals surface area contributed by atoms with Gasteiger partial charge in [-0.1, -0.05) is 18.6 Å². The van der Waals surface area contributed by atoms with Gasteiger partial charge in [-0.3, -0.25) is 4.79 Å². The first-order valence-corrected chi connectivity index (χ1v) is 12.6. The van der Waals surface area contributed by atoms with Crippen LogP contribution in [0.4, 0.5) is 5.69 Å². The van der Waals surface area contributed by atoms with Crippen LogP contribution >= 0.6 is 0 Å². The van der Waals surface area contributed by atoms with Crippen molar-refractivity contribution in [1.29, 1.82) is 0 Å². The summed E-state index contributed by atoms with van der Waals surface area (Å²) >= 11 is 0. The molecule has 1 atom stereocenters. The van der Waals surface area contributed by atoms with Crippen molar-refractivity contribution >= 4 is 21.6 Å². The number of fused-ring (bicyclic) bond motifs is 2. The first-order chi connectivity index (χ1) is 15.0. The van der Waals surface area contributed by atoms with Crippen LogP contribution in [0.5, 0.6) is 5.75 Å². The topological polar surface area (TPSA) is 84.5 Å². The molecule has 1 aliphatic heterocycles. The summed E-state index contributed by atoms with van der Waals surface area (Å²) in [7, 11) is -2.36. The van der Waals surface area contributed by atoms with Gasteiger partial charge in [0.15, 0.2) is 0 Å². The molecule has 0 unspecified atom stereocenters. The maximum atomic E-state index is 13.2. The number of carbonyl (C=O) groups is 1. The van der Waals surface area contributed by atoms with Gasteiger partial charge in [0.2, 0.25) is 5.91 Å². The number of amides is 1. The molecular formula is C24H28N2O4S. The second kappa shape index (κ2) is 7.86. The molecular weight excluding hydrogens is 412 g/mol. The van der Waals surface area contributed by atoms with Gasteiger partial charge >= 0.3 is 0 Å². The maximum absolute atomic E-state index is 13.2. The smallest absolute Gasteiger partial charge is 0.264 e. The van der Waals surface area contributed by atoms with Gasteiger partial charge < -0.3 is 10.1 Å². The van der Waals surface area contributed by atoms with E-state index in [1.807, 2.05) is 12.1 Å². The molecule has 1 fully saturated rings. The number of hydrogen-bond acceptors (Lipinski definition) is 5. The second-order valence-electron chi connectivity index (χ2n) is 8.75. The van der Waals surface area contributed by atoms with Gasteiger partial charge in [0.1, 0.15) is 5.75 Å². The number of anilines is 1. The molecule has 1 saturated carbocycles. The van der Waals surface area contributed by atoms with Gasteiger partial charge in [0.05, 0.1) is 17.9 Å². The van der Waals surface area contributed by atoms with Gasteiger partial charge in [0, 0.05) is 17.8 Å². The molecule has 0 radical (unpaired) electrons. The van der Waals surface area contributed by atoms with Crippen molar-refractivity contribution in [2.75, 3.05) is 19.0 Å². The number of methoxy groups -OCH3 is 1. The first kappa shape index (κ1) is 20.4. The Kier molecular flexibility index (Phi) is 5.16. The van der Waals surface area contributed by atoms with Crippen LogP contribution in [0.2, 0.25) is 0 Å². The Balaban J connectivity index is 1.45. The molecule has 0 aromatic heterocycles. The third-order valence-electron chi connectivity index (χ3n) is 7.04. The predicted octanol–water partition coefficient (Wildman–Crippen LogP) is 3.86. The van der Waals surface area contributed by atoms with Gasteiger partial charge in [0.25, 0.3) is 10.0 Å². The number of rotatable bonds is 5. The zero-order valence-corrected chi connectivity index (χ0v) is 18.6. The van der Waals surface area contributed by atoms with Crippen molar-refractivity contribution in [2.45, 2.75) is 61.7 Å². The minimum atomic E-state index is -3.96. The van der Waals surface area contributed by atoms with Crippen LogP contribution in [-0.2, 0) is 27.7 Å². The Labute approximate surface area is 183 Å². The average molecular weight is 441 g/mol. The molecule has 5 rings (SSSR count). The lowest BCUT2D eigenvalue weighted by atomic mass is 9.77. The second-order valence-corrected chi connectivity index (χ2v) is 10.4. The molecule has 2 aromatic carbocycles. The van der Waals surface area contributed by atoms with Crippen LogP contribution < -0.4 is 14.8 Å². The molecule has 1 heterocycles. The van der Waals surface area contributed by atoms with Crippen molar-refractivity contribution < 1.29 is 17.9 Å². The number of sulfonamides is 1. The first-order valence-electron chi connectivity index (χ1n) is 11.1. The van der Waals surface area contributed by atoms with E-state index in [1.54, 1.807) is 19.2 Å². The summed E-state index contributed by atoms with van der Waals surface area (Å²) in [6.45, 7) is 0.824. The van der Waals surface area contributed by atoms with Crippen LogP contribution in [0.25, 0.3) is 0 Å². The fraction of sp³-hybridized carbons (Fsp3) is 0.458. The van der Waals surface area contributed by atoms with E-state index in [0.717, 1.165) is 36.2 Å². The fourth-order valence-electron chi connectivity index (χ4n) is 5.28. The van der Waals surface area contributed by atoms with E-state index in [2.05, 4.69) is 16.1 Å². The molecule has 31 heavy (non-hydrogen) atoms. The highest BCUT2D eigenvalue weighted by molar-refractivity contribution is 7.90. The summed E-state index contributed by atoms with van der Waals surface area (Å²) in [5.74, 6) is 0.240. The van der Waals surface area contributed by atoms with Gasteiger partial charge in [-0.15, -0.1) is 0 Å². The van der Waals surface area contributed by atoms with Crippen molar-refractivity contribution in [2.24, 2.45) is 0 Å². The highest BCUT2D eigenvalue weighted by atomic mass is 32.2. The Bertz CT molecular complexity index is 1140. The number of benzene rings is 2. The molecule has 7 heteroatoms. The van der Waals surface area contributed by atoms with E-state index in [4.69, 9.17) is 4.74 Å². The van der Waals surface area contributed by atoms with Crippen LogP contribution in [0, 0.1) is 0 Å². The zero-order valence-electron chi connectivity index (χ0n) is 17.7. The van der Waals surface area contributed by atoms with E-state index in [1.165, 1.54) is 30.4 Å². The Hall–Kier alpha value is -2.54. The molecule has 1 amide bonds. The summed E-state index contributed by atoms with van der Waals surface area (Å²) in [6, 6.07) is 9.25. The van der Waals surface area contributed by atoms with Crippen molar-refractivity contribution in [3.8, 4) is 5.75 Å². The summed E-state index contributed by atoms with van der Waals surface area (Å²) in [5, 5.41) is 3.25. The number of hydrogen-bond donors (Lipinski definition) is 2. The lowest BCUT2D eigenvalue weighted by molar-refractivity contribution is -0.120. The predicted molar refractivity (Wildman–Crippen MR) is 119 cm³/mol. The van der Waals surface area contributed by atoms with Crippen molar-refractivity contribution in [3.63, 3.8) is 0 Å². The van der Waals surface area contributed by atoms with Crippen LogP contribution in [0.15, 0.2) is 35.2 Å². The summed E-state index contributed by atoms with van der Waals surface area (Å²) in [4.78, 5) is 13.4. The van der Waals surface area contributed by atoms with E-state index in [0.29, 0.717) is 24.5 Å². The van der Waals surface area contributed by atoms with Gasteiger partial charge in [-0.2, -0.15) is 0 Å². The number of ether oxygens (including phenoxy) is 1. The zero-order chi connectivity index (χ0) is 21.6. The molecule has 0 saturated heterocycles. The standard InChI is InChI=1S/C24H28N2O4S/c1-30-21-13-12-16(15-5-2-6-15)17-10-11-19(23(17)21)24(27)26-31(28,29)22-9-3-8-20-18(22)7-4-14-25-20/h3,8-9,12-13,15,19,25H,2,4-7,10-11,14H2,1H3,(H,26,27)/t19-/m1/s1. The molecule has 164 valence electrons. The van der Waals surface area contributed by atoms with E-state index < -0.39 is 21.8 Å². The molecule has 0 bridgehead atoms. The minimum Gasteiger partial charge on any atom is -0.496 e.